The summed E-state index contributed by atoms with van der Waals surface area (Å²) in [6.07, 6.45) is 0.535. The Morgan fingerprint density at radius 1 is 1.22 bits per heavy atom. The number of rotatable bonds is 4. The lowest BCUT2D eigenvalue weighted by Crippen LogP contribution is -2.62. The molecule has 1 atom stereocenters. The Balaban J connectivity index is 1.40. The van der Waals surface area contributed by atoms with E-state index in [0.29, 0.717) is 31.2 Å². The average molecular weight is 321 g/mol. The monoisotopic (exact) mass is 321 g/mol. The number of hydrogen-bond donors (Lipinski definition) is 2. The lowest BCUT2D eigenvalue weighted by atomic mass is 10.1. The summed E-state index contributed by atoms with van der Waals surface area (Å²) in [6.45, 7) is 2.75. The minimum absolute atomic E-state index is 0.0639. The van der Waals surface area contributed by atoms with Crippen LogP contribution in [-0.2, 0) is 4.79 Å². The first-order valence-corrected chi connectivity index (χ1v) is 7.76. The number of likely N-dealkylation sites (tertiary alicyclic amines) is 2. The van der Waals surface area contributed by atoms with Crippen molar-refractivity contribution in [1.29, 1.82) is 0 Å². The number of hydrogen-bond acceptors (Lipinski definition) is 4. The van der Waals surface area contributed by atoms with Gasteiger partial charge in [0.1, 0.15) is 5.82 Å². The second-order valence-electron chi connectivity index (χ2n) is 6.08. The van der Waals surface area contributed by atoms with E-state index in [-0.39, 0.29) is 18.6 Å². The van der Waals surface area contributed by atoms with Gasteiger partial charge in [-0.05, 0) is 30.7 Å². The third-order valence-corrected chi connectivity index (χ3v) is 4.43. The van der Waals surface area contributed by atoms with Gasteiger partial charge in [-0.15, -0.1) is 0 Å². The Hall–Kier alpha value is -1.99. The molecule has 2 aliphatic rings. The highest BCUT2D eigenvalue weighted by atomic mass is 19.1. The first-order chi connectivity index (χ1) is 11.0. The van der Waals surface area contributed by atoms with Crippen LogP contribution < -0.4 is 5.32 Å². The lowest BCUT2D eigenvalue weighted by Gasteiger charge is -2.44. The van der Waals surface area contributed by atoms with Gasteiger partial charge in [0.05, 0.1) is 12.6 Å². The van der Waals surface area contributed by atoms with Crippen LogP contribution in [0.4, 0.5) is 4.39 Å². The Labute approximate surface area is 133 Å². The summed E-state index contributed by atoms with van der Waals surface area (Å²) in [5.74, 6) is -0.925. The normalized spacial score (nSPS) is 22.0. The molecule has 2 amide bonds. The molecule has 23 heavy (non-hydrogen) atoms. The minimum atomic E-state index is -0.406. The first kappa shape index (κ1) is 15.9. The van der Waals surface area contributed by atoms with Crippen molar-refractivity contribution in [2.45, 2.75) is 18.6 Å². The number of nitrogens with one attached hydrogen (secondary N) is 1. The number of nitrogens with zero attached hydrogens (tertiary/aromatic N) is 2. The molecule has 1 unspecified atom stereocenters. The molecule has 3 rings (SSSR count). The van der Waals surface area contributed by atoms with E-state index in [1.165, 1.54) is 24.3 Å². The molecule has 124 valence electrons. The molecule has 6 nitrogen and oxygen atoms in total. The van der Waals surface area contributed by atoms with Crippen LogP contribution in [0.3, 0.4) is 0 Å². The molecular formula is C16H20FN3O3. The van der Waals surface area contributed by atoms with E-state index in [2.05, 4.69) is 10.2 Å². The van der Waals surface area contributed by atoms with Crippen LogP contribution in [0.25, 0.3) is 0 Å². The molecule has 0 aliphatic carbocycles. The fourth-order valence-corrected chi connectivity index (χ4v) is 2.96. The Bertz CT molecular complexity index is 587. The van der Waals surface area contributed by atoms with E-state index in [0.717, 1.165) is 13.0 Å². The summed E-state index contributed by atoms with van der Waals surface area (Å²) in [6, 6.07) is 5.49. The standard InChI is InChI=1S/C16H20FN3O3/c17-12-3-1-11(2-4-12)16(23)18-7-15(22)20-8-13(9-20)19-6-5-14(21)10-19/h1-4,13-14,21H,5-10H2,(H,18,23). The zero-order valence-electron chi connectivity index (χ0n) is 12.7. The molecule has 0 aromatic heterocycles. The SMILES string of the molecule is O=C(NCC(=O)N1CC(N2CCC(O)C2)C1)c1ccc(F)cc1. The van der Waals surface area contributed by atoms with E-state index in [9.17, 15) is 19.1 Å². The Morgan fingerprint density at radius 3 is 2.52 bits per heavy atom. The Morgan fingerprint density at radius 2 is 1.91 bits per heavy atom. The molecule has 2 aliphatic heterocycles. The predicted octanol–water partition coefficient (Wildman–Crippen LogP) is -0.167. The summed E-state index contributed by atoms with van der Waals surface area (Å²) in [5, 5.41) is 12.1. The van der Waals surface area contributed by atoms with Crippen LogP contribution in [0.15, 0.2) is 24.3 Å². The van der Waals surface area contributed by atoms with Gasteiger partial charge in [0.15, 0.2) is 0 Å². The van der Waals surface area contributed by atoms with Gasteiger partial charge in [-0.1, -0.05) is 0 Å². The zero-order chi connectivity index (χ0) is 16.4. The van der Waals surface area contributed by atoms with E-state index >= 15 is 0 Å². The quantitative estimate of drug-likeness (QED) is 0.808. The number of β-amino-alcohol motifs (C(OH)–C–C–N with tert-alkyl or cyclic N) is 1. The van der Waals surface area contributed by atoms with Gasteiger partial charge >= 0.3 is 0 Å². The van der Waals surface area contributed by atoms with Crippen molar-refractivity contribution >= 4 is 11.8 Å². The molecule has 7 heteroatoms. The highest BCUT2D eigenvalue weighted by Gasteiger charge is 2.37. The lowest BCUT2D eigenvalue weighted by molar-refractivity contribution is -0.137. The molecule has 0 spiro atoms. The number of carbonyl (C=O) groups is 2. The molecule has 2 fully saturated rings. The second-order valence-corrected chi connectivity index (χ2v) is 6.08. The summed E-state index contributed by atoms with van der Waals surface area (Å²) in [4.78, 5) is 27.8. The number of aliphatic hydroxyl groups is 1. The molecule has 1 aromatic carbocycles. The fourth-order valence-electron chi connectivity index (χ4n) is 2.96. The maximum absolute atomic E-state index is 12.8. The number of halogens is 1. The van der Waals surface area contributed by atoms with Gasteiger partial charge < -0.3 is 15.3 Å². The van der Waals surface area contributed by atoms with Crippen LogP contribution in [0, 0.1) is 5.82 Å². The Kier molecular flexibility index (Phi) is 4.58. The summed E-state index contributed by atoms with van der Waals surface area (Å²) < 4.78 is 12.8. The molecular weight excluding hydrogens is 301 g/mol. The smallest absolute Gasteiger partial charge is 0.251 e. The molecule has 2 N–H and O–H groups in total. The van der Waals surface area contributed by atoms with E-state index in [4.69, 9.17) is 0 Å². The van der Waals surface area contributed by atoms with Crippen LogP contribution in [0.1, 0.15) is 16.8 Å². The first-order valence-electron chi connectivity index (χ1n) is 7.76. The second kappa shape index (κ2) is 6.64. The topological polar surface area (TPSA) is 72.9 Å². The highest BCUT2D eigenvalue weighted by Crippen LogP contribution is 2.20. The van der Waals surface area contributed by atoms with Crippen molar-refractivity contribution in [3.05, 3.63) is 35.6 Å². The van der Waals surface area contributed by atoms with Crippen LogP contribution in [0.5, 0.6) is 0 Å². The minimum Gasteiger partial charge on any atom is -0.392 e. The van der Waals surface area contributed by atoms with Gasteiger partial charge in [-0.3, -0.25) is 14.5 Å². The van der Waals surface area contributed by atoms with Crippen molar-refractivity contribution < 1.29 is 19.1 Å². The van der Waals surface area contributed by atoms with Gasteiger partial charge in [-0.2, -0.15) is 0 Å². The van der Waals surface area contributed by atoms with Crippen LogP contribution in [-0.4, -0.2) is 71.6 Å². The molecule has 2 saturated heterocycles. The molecule has 0 radical (unpaired) electrons. The molecule has 0 bridgehead atoms. The zero-order valence-corrected chi connectivity index (χ0v) is 12.7. The summed E-state index contributed by atoms with van der Waals surface area (Å²) in [7, 11) is 0. The van der Waals surface area contributed by atoms with Gasteiger partial charge in [0.2, 0.25) is 5.91 Å². The summed E-state index contributed by atoms with van der Waals surface area (Å²) in [5.41, 5.74) is 0.326. The van der Waals surface area contributed by atoms with E-state index in [1.54, 1.807) is 4.90 Å². The van der Waals surface area contributed by atoms with Gasteiger partial charge in [0, 0.05) is 37.8 Å². The van der Waals surface area contributed by atoms with Crippen LogP contribution in [0.2, 0.25) is 0 Å². The number of amides is 2. The van der Waals surface area contributed by atoms with Crippen molar-refractivity contribution in [1.82, 2.24) is 15.1 Å². The van der Waals surface area contributed by atoms with Gasteiger partial charge in [-0.25, -0.2) is 4.39 Å². The average Bonchev–Trinajstić information content (AvgIpc) is 2.90. The molecule has 2 heterocycles. The number of aliphatic hydroxyl groups excluding tert-OH is 1. The van der Waals surface area contributed by atoms with Crippen LogP contribution >= 0.6 is 0 Å². The van der Waals surface area contributed by atoms with Crippen molar-refractivity contribution in [3.8, 4) is 0 Å². The van der Waals surface area contributed by atoms with Gasteiger partial charge in [0.25, 0.3) is 5.91 Å². The highest BCUT2D eigenvalue weighted by molar-refractivity contribution is 5.96. The maximum Gasteiger partial charge on any atom is 0.251 e. The van der Waals surface area contributed by atoms with Crippen molar-refractivity contribution in [3.63, 3.8) is 0 Å². The fraction of sp³-hybridized carbons (Fsp3) is 0.500. The third kappa shape index (κ3) is 3.68. The van der Waals surface area contributed by atoms with E-state index in [1.807, 2.05) is 0 Å². The largest absolute Gasteiger partial charge is 0.392 e. The van der Waals surface area contributed by atoms with E-state index < -0.39 is 11.7 Å². The van der Waals surface area contributed by atoms with Crippen molar-refractivity contribution in [2.75, 3.05) is 32.7 Å². The number of benzene rings is 1. The molecule has 1 aromatic rings. The van der Waals surface area contributed by atoms with Crippen molar-refractivity contribution in [2.24, 2.45) is 0 Å². The predicted molar refractivity (Wildman–Crippen MR) is 81.3 cm³/mol. The maximum atomic E-state index is 12.8. The molecule has 0 saturated carbocycles. The third-order valence-electron chi connectivity index (χ3n) is 4.43. The summed E-state index contributed by atoms with van der Waals surface area (Å²) >= 11 is 0. The number of carbonyl (C=O) groups excluding carboxylic acids is 2.